The van der Waals surface area contributed by atoms with Crippen molar-refractivity contribution in [2.24, 2.45) is 0 Å². The fraction of sp³-hybridized carbons (Fsp3) is 0.231. The summed E-state index contributed by atoms with van der Waals surface area (Å²) in [7, 11) is 0. The van der Waals surface area contributed by atoms with Gasteiger partial charge >= 0.3 is 6.03 Å². The van der Waals surface area contributed by atoms with E-state index in [-0.39, 0.29) is 6.03 Å². The molecule has 2 N–H and O–H groups in total. The number of amides is 2. The fourth-order valence-electron chi connectivity index (χ4n) is 1.78. The molecule has 5 heteroatoms. The van der Waals surface area contributed by atoms with E-state index in [0.717, 1.165) is 20.8 Å². The van der Waals surface area contributed by atoms with Gasteiger partial charge in [-0.1, -0.05) is 15.9 Å². The maximum absolute atomic E-state index is 11.4. The molecule has 0 spiro atoms. The minimum atomic E-state index is -0.240. The van der Waals surface area contributed by atoms with E-state index in [9.17, 15) is 4.79 Å². The number of urea groups is 1. The lowest BCUT2D eigenvalue weighted by atomic mass is 10.1. The Kier molecular flexibility index (Phi) is 3.81. The van der Waals surface area contributed by atoms with E-state index in [1.54, 1.807) is 6.20 Å². The first-order valence-electron chi connectivity index (χ1n) is 5.71. The van der Waals surface area contributed by atoms with Crippen molar-refractivity contribution in [3.63, 3.8) is 0 Å². The molecule has 2 rings (SSSR count). The summed E-state index contributed by atoms with van der Waals surface area (Å²) in [4.78, 5) is 15.6. The van der Waals surface area contributed by atoms with Crippen molar-refractivity contribution in [3.05, 3.63) is 34.4 Å². The summed E-state index contributed by atoms with van der Waals surface area (Å²) in [5.41, 5.74) is 1.15. The number of benzene rings is 1. The third kappa shape index (κ3) is 2.79. The van der Waals surface area contributed by atoms with Crippen LogP contribution < -0.4 is 10.6 Å². The lowest BCUT2D eigenvalue weighted by molar-refractivity contribution is 0.252. The molecular formula is C13H14BrN3O. The highest BCUT2D eigenvalue weighted by atomic mass is 79.9. The predicted octanol–water partition coefficient (Wildman–Crippen LogP) is 3.45. The lowest BCUT2D eigenvalue weighted by Gasteiger charge is -2.07. The first-order valence-corrected chi connectivity index (χ1v) is 6.50. The molecule has 1 aromatic heterocycles. The van der Waals surface area contributed by atoms with Crippen molar-refractivity contribution in [2.75, 3.05) is 11.9 Å². The molecule has 94 valence electrons. The predicted molar refractivity (Wildman–Crippen MR) is 76.9 cm³/mol. The van der Waals surface area contributed by atoms with Crippen LogP contribution in [0.5, 0.6) is 0 Å². The number of pyridine rings is 1. The summed E-state index contributed by atoms with van der Waals surface area (Å²) in [6.45, 7) is 4.49. The summed E-state index contributed by atoms with van der Waals surface area (Å²) in [5, 5.41) is 7.49. The maximum Gasteiger partial charge on any atom is 0.320 e. The Morgan fingerprint density at radius 3 is 2.89 bits per heavy atom. The molecule has 0 saturated heterocycles. The molecule has 1 heterocycles. The molecule has 0 bridgehead atoms. The minimum absolute atomic E-state index is 0.240. The van der Waals surface area contributed by atoms with Gasteiger partial charge in [0.25, 0.3) is 0 Å². The first kappa shape index (κ1) is 12.8. The number of carbonyl (C=O) groups excluding carboxylic acids is 1. The van der Waals surface area contributed by atoms with Crippen molar-refractivity contribution < 1.29 is 4.79 Å². The second-order valence-corrected chi connectivity index (χ2v) is 4.91. The number of hydrogen-bond acceptors (Lipinski definition) is 2. The Morgan fingerprint density at radius 2 is 2.17 bits per heavy atom. The van der Waals surface area contributed by atoms with E-state index in [0.29, 0.717) is 12.4 Å². The van der Waals surface area contributed by atoms with Gasteiger partial charge in [0.1, 0.15) is 5.82 Å². The van der Waals surface area contributed by atoms with E-state index >= 15 is 0 Å². The zero-order valence-electron chi connectivity index (χ0n) is 10.2. The zero-order valence-corrected chi connectivity index (χ0v) is 11.8. The van der Waals surface area contributed by atoms with Gasteiger partial charge in [0.15, 0.2) is 0 Å². The second-order valence-electron chi connectivity index (χ2n) is 4.00. The summed E-state index contributed by atoms with van der Waals surface area (Å²) in [5.74, 6) is 0.547. The Hall–Kier alpha value is -1.62. The van der Waals surface area contributed by atoms with Crippen LogP contribution in [0.4, 0.5) is 10.6 Å². The van der Waals surface area contributed by atoms with Gasteiger partial charge in [0, 0.05) is 22.6 Å². The Morgan fingerprint density at radius 1 is 1.39 bits per heavy atom. The molecule has 1 aromatic carbocycles. The van der Waals surface area contributed by atoms with Crippen molar-refractivity contribution in [3.8, 4) is 0 Å². The molecule has 0 aliphatic carbocycles. The maximum atomic E-state index is 11.4. The van der Waals surface area contributed by atoms with Gasteiger partial charge < -0.3 is 5.32 Å². The molecule has 18 heavy (non-hydrogen) atoms. The number of rotatable bonds is 2. The topological polar surface area (TPSA) is 54.0 Å². The minimum Gasteiger partial charge on any atom is -0.338 e. The number of nitrogens with one attached hydrogen (secondary N) is 2. The molecule has 4 nitrogen and oxygen atoms in total. The molecule has 0 aliphatic heterocycles. The highest BCUT2D eigenvalue weighted by Crippen LogP contribution is 2.24. The number of hydrogen-bond donors (Lipinski definition) is 2. The average Bonchev–Trinajstić information content (AvgIpc) is 2.28. The molecule has 0 aliphatic rings. The molecule has 2 aromatic rings. The van der Waals surface area contributed by atoms with Crippen LogP contribution in [0, 0.1) is 6.92 Å². The van der Waals surface area contributed by atoms with Gasteiger partial charge in [-0.25, -0.2) is 9.78 Å². The van der Waals surface area contributed by atoms with Gasteiger partial charge in [0.05, 0.1) is 0 Å². The highest BCUT2D eigenvalue weighted by molar-refractivity contribution is 9.10. The summed E-state index contributed by atoms with van der Waals surface area (Å²) < 4.78 is 1.02. The standard InChI is InChI=1S/C13H14BrN3O/c1-3-15-13(18)17-12-6-9-5-10(14)4-8(2)11(9)7-16-12/h4-7H,3H2,1-2H3,(H2,15,16,17,18). The number of nitrogens with zero attached hydrogens (tertiary/aromatic N) is 1. The lowest BCUT2D eigenvalue weighted by Crippen LogP contribution is -2.28. The van der Waals surface area contributed by atoms with E-state index < -0.39 is 0 Å². The molecule has 0 radical (unpaired) electrons. The Labute approximate surface area is 114 Å². The third-order valence-electron chi connectivity index (χ3n) is 2.59. The molecule has 0 atom stereocenters. The van der Waals surface area contributed by atoms with Crippen LogP contribution in [0.1, 0.15) is 12.5 Å². The van der Waals surface area contributed by atoms with Crippen LogP contribution in [0.15, 0.2) is 28.9 Å². The van der Waals surface area contributed by atoms with E-state index in [1.165, 1.54) is 0 Å². The summed E-state index contributed by atoms with van der Waals surface area (Å²) in [6, 6.07) is 5.67. The molecule has 0 unspecified atom stereocenters. The van der Waals surface area contributed by atoms with Crippen LogP contribution in [0.2, 0.25) is 0 Å². The van der Waals surface area contributed by atoms with Crippen LogP contribution >= 0.6 is 15.9 Å². The van der Waals surface area contributed by atoms with Crippen LogP contribution in [0.25, 0.3) is 10.8 Å². The van der Waals surface area contributed by atoms with Gasteiger partial charge in [0.2, 0.25) is 0 Å². The monoisotopic (exact) mass is 307 g/mol. The smallest absolute Gasteiger partial charge is 0.320 e. The Bertz CT molecular complexity index is 598. The number of aromatic nitrogens is 1. The molecular weight excluding hydrogens is 294 g/mol. The highest BCUT2D eigenvalue weighted by Gasteiger charge is 2.04. The quantitative estimate of drug-likeness (QED) is 0.893. The Balaban J connectivity index is 2.35. The van der Waals surface area contributed by atoms with E-state index in [4.69, 9.17) is 0 Å². The SMILES string of the molecule is CCNC(=O)Nc1cc2cc(Br)cc(C)c2cn1. The number of anilines is 1. The third-order valence-corrected chi connectivity index (χ3v) is 3.05. The number of halogens is 1. The van der Waals surface area contributed by atoms with Crippen molar-refractivity contribution in [1.29, 1.82) is 0 Å². The fourth-order valence-corrected chi connectivity index (χ4v) is 2.37. The van der Waals surface area contributed by atoms with Gasteiger partial charge in [-0.2, -0.15) is 0 Å². The van der Waals surface area contributed by atoms with E-state index in [1.807, 2.05) is 32.0 Å². The van der Waals surface area contributed by atoms with Gasteiger partial charge in [-0.15, -0.1) is 0 Å². The summed E-state index contributed by atoms with van der Waals surface area (Å²) in [6.07, 6.45) is 1.78. The van der Waals surface area contributed by atoms with Crippen LogP contribution in [0.3, 0.4) is 0 Å². The van der Waals surface area contributed by atoms with E-state index in [2.05, 4.69) is 31.5 Å². The molecule has 0 saturated carbocycles. The summed E-state index contributed by atoms with van der Waals surface area (Å²) >= 11 is 3.46. The van der Waals surface area contributed by atoms with Crippen molar-refractivity contribution in [2.45, 2.75) is 13.8 Å². The van der Waals surface area contributed by atoms with Gasteiger partial charge in [-0.3, -0.25) is 5.32 Å². The van der Waals surface area contributed by atoms with Crippen molar-refractivity contribution >= 4 is 38.6 Å². The number of carbonyl (C=O) groups is 1. The average molecular weight is 308 g/mol. The molecule has 0 fully saturated rings. The molecule has 2 amide bonds. The first-order chi connectivity index (χ1) is 8.60. The number of fused-ring (bicyclic) bond motifs is 1. The zero-order chi connectivity index (χ0) is 13.1. The second kappa shape index (κ2) is 5.35. The normalized spacial score (nSPS) is 10.4. The number of aryl methyl sites for hydroxylation is 1. The van der Waals surface area contributed by atoms with Crippen LogP contribution in [-0.2, 0) is 0 Å². The van der Waals surface area contributed by atoms with Crippen molar-refractivity contribution in [1.82, 2.24) is 10.3 Å². The van der Waals surface area contributed by atoms with Crippen LogP contribution in [-0.4, -0.2) is 17.6 Å². The largest absolute Gasteiger partial charge is 0.338 e. The van der Waals surface area contributed by atoms with Gasteiger partial charge in [-0.05, 0) is 43.0 Å².